The van der Waals surface area contributed by atoms with Gasteiger partial charge in [0.1, 0.15) is 0 Å². The highest BCUT2D eigenvalue weighted by atomic mass is 16.4. The van der Waals surface area contributed by atoms with Gasteiger partial charge in [-0.05, 0) is 19.0 Å². The summed E-state index contributed by atoms with van der Waals surface area (Å²) >= 11 is 0. The first-order valence-corrected chi connectivity index (χ1v) is 5.16. The Hall–Kier alpha value is -1.35. The lowest BCUT2D eigenvalue weighted by Gasteiger charge is -2.19. The van der Waals surface area contributed by atoms with Gasteiger partial charge in [-0.3, -0.25) is 9.69 Å². The molecule has 1 N–H and O–H groups in total. The van der Waals surface area contributed by atoms with Crippen molar-refractivity contribution in [1.82, 2.24) is 4.90 Å². The minimum atomic E-state index is -0.680. The number of aliphatic carboxylic acids is 1. The number of likely N-dealkylation sites (tertiary alicyclic amines) is 1. The highest BCUT2D eigenvalue weighted by molar-refractivity contribution is 5.70. The fraction of sp³-hybridized carbons (Fsp3) is 0.417. The molecular weight excluding hydrogens is 190 g/mol. The third-order valence-electron chi connectivity index (χ3n) is 3.08. The van der Waals surface area contributed by atoms with Gasteiger partial charge in [0.05, 0.1) is 5.92 Å². The summed E-state index contributed by atoms with van der Waals surface area (Å²) in [7, 11) is 1.99. The highest BCUT2D eigenvalue weighted by Gasteiger charge is 2.34. The van der Waals surface area contributed by atoms with E-state index in [1.54, 1.807) is 0 Å². The topological polar surface area (TPSA) is 40.5 Å². The Labute approximate surface area is 89.3 Å². The summed E-state index contributed by atoms with van der Waals surface area (Å²) < 4.78 is 0. The van der Waals surface area contributed by atoms with Gasteiger partial charge in [0.25, 0.3) is 0 Å². The number of nitrogens with zero attached hydrogens (tertiary/aromatic N) is 1. The SMILES string of the molecule is CN1C[C@H](C(=O)O)C[C@H]1c1ccccc1. The van der Waals surface area contributed by atoms with Gasteiger partial charge in [-0.2, -0.15) is 0 Å². The second-order valence-electron chi connectivity index (χ2n) is 4.14. The summed E-state index contributed by atoms with van der Waals surface area (Å²) in [5, 5.41) is 8.97. The molecule has 1 saturated heterocycles. The molecule has 0 amide bonds. The molecule has 0 saturated carbocycles. The van der Waals surface area contributed by atoms with Gasteiger partial charge in [0.2, 0.25) is 0 Å². The predicted octanol–water partition coefficient (Wildman–Crippen LogP) is 1.76. The molecule has 1 fully saturated rings. The molecule has 2 rings (SSSR count). The van der Waals surface area contributed by atoms with E-state index in [2.05, 4.69) is 17.0 Å². The molecule has 0 bridgehead atoms. The summed E-state index contributed by atoms with van der Waals surface area (Å²) in [4.78, 5) is 13.0. The van der Waals surface area contributed by atoms with Crippen molar-refractivity contribution in [3.05, 3.63) is 35.9 Å². The summed E-state index contributed by atoms with van der Waals surface area (Å²) in [5.41, 5.74) is 1.21. The van der Waals surface area contributed by atoms with Gasteiger partial charge in [0, 0.05) is 12.6 Å². The maximum Gasteiger partial charge on any atom is 0.307 e. The number of carbonyl (C=O) groups is 1. The molecular formula is C12H15NO2. The van der Waals surface area contributed by atoms with Gasteiger partial charge in [-0.15, -0.1) is 0 Å². The van der Waals surface area contributed by atoms with Crippen molar-refractivity contribution in [2.45, 2.75) is 12.5 Å². The monoisotopic (exact) mass is 205 g/mol. The van der Waals surface area contributed by atoms with Gasteiger partial charge in [0.15, 0.2) is 0 Å². The van der Waals surface area contributed by atoms with Crippen molar-refractivity contribution < 1.29 is 9.90 Å². The van der Waals surface area contributed by atoms with Crippen LogP contribution < -0.4 is 0 Å². The Kier molecular flexibility index (Phi) is 2.73. The lowest BCUT2D eigenvalue weighted by molar-refractivity contribution is -0.141. The largest absolute Gasteiger partial charge is 0.481 e. The number of hydrogen-bond acceptors (Lipinski definition) is 2. The Bertz CT molecular complexity index is 350. The molecule has 0 spiro atoms. The van der Waals surface area contributed by atoms with Crippen LogP contribution in [0, 0.1) is 5.92 Å². The molecule has 80 valence electrons. The van der Waals surface area contributed by atoms with Crippen molar-refractivity contribution in [3.63, 3.8) is 0 Å². The quantitative estimate of drug-likeness (QED) is 0.799. The molecule has 0 unspecified atom stereocenters. The normalized spacial score (nSPS) is 26.7. The second-order valence-corrected chi connectivity index (χ2v) is 4.14. The zero-order chi connectivity index (χ0) is 10.8. The lowest BCUT2D eigenvalue weighted by atomic mass is 10.0. The molecule has 1 aliphatic heterocycles. The van der Waals surface area contributed by atoms with Crippen molar-refractivity contribution in [1.29, 1.82) is 0 Å². The molecule has 0 aromatic heterocycles. The predicted molar refractivity (Wildman–Crippen MR) is 57.6 cm³/mol. The van der Waals surface area contributed by atoms with Crippen molar-refractivity contribution >= 4 is 5.97 Å². The zero-order valence-corrected chi connectivity index (χ0v) is 8.76. The zero-order valence-electron chi connectivity index (χ0n) is 8.76. The average Bonchev–Trinajstić information content (AvgIpc) is 2.62. The molecule has 1 aliphatic rings. The minimum absolute atomic E-state index is 0.222. The average molecular weight is 205 g/mol. The fourth-order valence-electron chi connectivity index (χ4n) is 2.24. The van der Waals surface area contributed by atoms with Crippen molar-refractivity contribution in [2.24, 2.45) is 5.92 Å². The molecule has 15 heavy (non-hydrogen) atoms. The van der Waals surface area contributed by atoms with E-state index in [-0.39, 0.29) is 12.0 Å². The van der Waals surface area contributed by atoms with E-state index in [0.29, 0.717) is 6.54 Å². The van der Waals surface area contributed by atoms with Crippen LogP contribution in [0.15, 0.2) is 30.3 Å². The molecule has 2 atom stereocenters. The van der Waals surface area contributed by atoms with Gasteiger partial charge >= 0.3 is 5.97 Å². The van der Waals surface area contributed by atoms with E-state index in [0.717, 1.165) is 6.42 Å². The van der Waals surface area contributed by atoms with E-state index in [4.69, 9.17) is 5.11 Å². The van der Waals surface area contributed by atoms with Crippen LogP contribution in [0.5, 0.6) is 0 Å². The molecule has 1 aromatic rings. The maximum absolute atomic E-state index is 10.9. The summed E-state index contributed by atoms with van der Waals surface area (Å²) in [6.45, 7) is 0.648. The van der Waals surface area contributed by atoms with Crippen LogP contribution in [-0.2, 0) is 4.79 Å². The van der Waals surface area contributed by atoms with E-state index >= 15 is 0 Å². The first kappa shape index (κ1) is 10.2. The van der Waals surface area contributed by atoms with Gasteiger partial charge in [-0.1, -0.05) is 30.3 Å². The Balaban J connectivity index is 2.15. The van der Waals surface area contributed by atoms with E-state index in [9.17, 15) is 4.79 Å². The summed E-state index contributed by atoms with van der Waals surface area (Å²) in [6.07, 6.45) is 0.718. The first-order valence-electron chi connectivity index (χ1n) is 5.16. The fourth-order valence-corrected chi connectivity index (χ4v) is 2.24. The minimum Gasteiger partial charge on any atom is -0.481 e. The summed E-state index contributed by atoms with van der Waals surface area (Å²) in [5.74, 6) is -0.902. The van der Waals surface area contributed by atoms with Crippen LogP contribution in [-0.4, -0.2) is 29.6 Å². The van der Waals surface area contributed by atoms with E-state index < -0.39 is 5.97 Å². The van der Waals surface area contributed by atoms with Crippen LogP contribution in [0.2, 0.25) is 0 Å². The molecule has 1 heterocycles. The molecule has 1 aromatic carbocycles. The van der Waals surface area contributed by atoms with Crippen LogP contribution in [0.4, 0.5) is 0 Å². The van der Waals surface area contributed by atoms with E-state index in [1.807, 2.05) is 25.2 Å². The molecule has 0 aliphatic carbocycles. The van der Waals surface area contributed by atoms with Crippen LogP contribution in [0.1, 0.15) is 18.0 Å². The number of hydrogen-bond donors (Lipinski definition) is 1. The second kappa shape index (κ2) is 4.03. The van der Waals surface area contributed by atoms with Gasteiger partial charge in [-0.25, -0.2) is 0 Å². The first-order chi connectivity index (χ1) is 7.18. The van der Waals surface area contributed by atoms with Crippen LogP contribution in [0.25, 0.3) is 0 Å². The van der Waals surface area contributed by atoms with Crippen molar-refractivity contribution in [3.8, 4) is 0 Å². The number of benzene rings is 1. The third kappa shape index (κ3) is 2.02. The standard InChI is InChI=1S/C12H15NO2/c1-13-8-10(12(14)15)7-11(13)9-5-3-2-4-6-9/h2-6,10-11H,7-8H2,1H3,(H,14,15)/t10-,11+/m1/s1. The highest BCUT2D eigenvalue weighted by Crippen LogP contribution is 2.33. The lowest BCUT2D eigenvalue weighted by Crippen LogP contribution is -2.20. The summed E-state index contributed by atoms with van der Waals surface area (Å²) in [6, 6.07) is 10.4. The van der Waals surface area contributed by atoms with Gasteiger partial charge < -0.3 is 5.11 Å². The third-order valence-corrected chi connectivity index (χ3v) is 3.08. The smallest absolute Gasteiger partial charge is 0.307 e. The van der Waals surface area contributed by atoms with Crippen LogP contribution in [0.3, 0.4) is 0 Å². The number of rotatable bonds is 2. The molecule has 3 nitrogen and oxygen atoms in total. The molecule has 3 heteroatoms. The number of carboxylic acid groups (broad SMARTS) is 1. The number of carboxylic acids is 1. The molecule has 0 radical (unpaired) electrons. The van der Waals surface area contributed by atoms with Crippen LogP contribution >= 0.6 is 0 Å². The Morgan fingerprint density at radius 3 is 2.60 bits per heavy atom. The van der Waals surface area contributed by atoms with E-state index in [1.165, 1.54) is 5.56 Å². The van der Waals surface area contributed by atoms with Crippen molar-refractivity contribution in [2.75, 3.05) is 13.6 Å². The Morgan fingerprint density at radius 2 is 2.07 bits per heavy atom. The Morgan fingerprint density at radius 1 is 1.40 bits per heavy atom. The maximum atomic E-state index is 10.9.